The first-order chi connectivity index (χ1) is 23.4. The summed E-state index contributed by atoms with van der Waals surface area (Å²) in [5.41, 5.74) is 6.24. The maximum atomic E-state index is 14.2. The average Bonchev–Trinajstić information content (AvgIpc) is 3.72. The van der Waals surface area contributed by atoms with Gasteiger partial charge in [-0.25, -0.2) is 4.68 Å². The summed E-state index contributed by atoms with van der Waals surface area (Å²) in [7, 11) is -1.13. The second-order valence-electron chi connectivity index (χ2n) is 15.6. The molecule has 0 aliphatic carbocycles. The first-order valence-corrected chi connectivity index (χ1v) is 21.8. The molecule has 264 valence electrons. The number of hydrogen-bond acceptors (Lipinski definition) is 8. The van der Waals surface area contributed by atoms with E-state index in [-0.39, 0.29) is 23.6 Å². The van der Waals surface area contributed by atoms with E-state index in [1.54, 1.807) is 0 Å². The van der Waals surface area contributed by atoms with Crippen LogP contribution < -0.4 is 15.2 Å². The van der Waals surface area contributed by atoms with Crippen molar-refractivity contribution in [2.24, 2.45) is 0 Å². The van der Waals surface area contributed by atoms with Gasteiger partial charge in [-0.05, 0) is 82.0 Å². The fraction of sp³-hybridized carbons (Fsp3) is 0.553. The Hall–Kier alpha value is -3.51. The number of aliphatic hydroxyl groups is 1. The summed E-state index contributed by atoms with van der Waals surface area (Å²) in [6, 6.07) is 12.0. The van der Waals surface area contributed by atoms with E-state index in [2.05, 4.69) is 93.4 Å². The van der Waals surface area contributed by atoms with Crippen molar-refractivity contribution in [1.29, 1.82) is 0 Å². The number of fused-ring (bicyclic) bond motifs is 1. The minimum Gasteiger partial charge on any atom is -0.391 e. The summed E-state index contributed by atoms with van der Waals surface area (Å²) in [6.45, 7) is 19.3. The summed E-state index contributed by atoms with van der Waals surface area (Å²) < 4.78 is 10.1. The Labute approximate surface area is 292 Å². The van der Waals surface area contributed by atoms with Gasteiger partial charge in [-0.15, -0.1) is 0 Å². The molecule has 0 saturated carbocycles. The van der Waals surface area contributed by atoms with Crippen LogP contribution in [0.25, 0.3) is 10.9 Å². The lowest BCUT2D eigenvalue weighted by molar-refractivity contribution is 0.0786. The van der Waals surface area contributed by atoms with Gasteiger partial charge in [0, 0.05) is 101 Å². The zero-order valence-corrected chi connectivity index (χ0v) is 31.3. The van der Waals surface area contributed by atoms with E-state index in [1.165, 1.54) is 5.56 Å². The van der Waals surface area contributed by atoms with Crippen LogP contribution in [0.4, 0.5) is 11.4 Å². The Kier molecular flexibility index (Phi) is 10.9. The van der Waals surface area contributed by atoms with Crippen molar-refractivity contribution in [2.45, 2.75) is 104 Å². The Morgan fingerprint density at radius 3 is 2.57 bits per heavy atom. The number of rotatable bonds is 13. The fourth-order valence-corrected chi connectivity index (χ4v) is 7.94. The Morgan fingerprint density at radius 2 is 1.84 bits per heavy atom. The number of pyridine rings is 2. The van der Waals surface area contributed by atoms with Gasteiger partial charge < -0.3 is 24.2 Å². The second kappa shape index (κ2) is 15.2. The highest BCUT2D eigenvalue weighted by Crippen LogP contribution is 2.28. The summed E-state index contributed by atoms with van der Waals surface area (Å²) >= 11 is 0. The molecule has 0 amide bonds. The molecule has 1 aromatic carbocycles. The number of aromatic nitrogens is 4. The van der Waals surface area contributed by atoms with E-state index in [1.807, 2.05) is 36.1 Å². The molecule has 11 heteroatoms. The highest BCUT2D eigenvalue weighted by Gasteiger charge is 2.28. The van der Waals surface area contributed by atoms with Crippen LogP contribution in [0.5, 0.6) is 0 Å². The smallest absolute Gasteiger partial charge is 0.193 e. The van der Waals surface area contributed by atoms with Crippen molar-refractivity contribution in [1.82, 2.24) is 24.2 Å². The number of hydrogen-bond donors (Lipinski definition) is 1. The Bertz CT molecular complexity index is 1780. The summed E-state index contributed by atoms with van der Waals surface area (Å²) in [5.74, 6) is 0. The van der Waals surface area contributed by atoms with Crippen LogP contribution in [-0.4, -0.2) is 82.3 Å². The molecule has 1 N–H and O–H groups in total. The van der Waals surface area contributed by atoms with E-state index in [4.69, 9.17) is 4.74 Å². The van der Waals surface area contributed by atoms with Crippen LogP contribution in [0.15, 0.2) is 59.9 Å². The Balaban J connectivity index is 1.25. The number of aliphatic hydroxyl groups excluding tert-OH is 1. The number of β-amino-alcohol motifs (C(OH)–C–C–N with tert-alkyl or cyclic N) is 1. The molecule has 3 aromatic heterocycles. The van der Waals surface area contributed by atoms with Crippen LogP contribution in [0.3, 0.4) is 0 Å². The van der Waals surface area contributed by atoms with Crippen molar-refractivity contribution < 1.29 is 9.84 Å². The minimum atomic E-state index is -1.13. The van der Waals surface area contributed by atoms with E-state index in [0.29, 0.717) is 19.8 Å². The highest BCUT2D eigenvalue weighted by molar-refractivity contribution is 6.76. The maximum absolute atomic E-state index is 14.2. The molecule has 10 nitrogen and oxygen atoms in total. The standard InChI is InChI=1S/C38H55N7O3Si/c1-28(2)45-23-31(38(47)36-10-9-32(19-37(36)45)42-15-12-35(46)26-42)22-43(21-30-11-13-39-29(3)18-30)33-8-7-14-41(24-33)34-20-40-44(25-34)27-48-16-17-49(4,5)6/h9-11,13,18-20,23,25,28,33,35,46H,7-8,12,14-17,21-22,24,26-27H2,1-6H3/t33-,35+/m0/s1. The third-order valence-corrected chi connectivity index (χ3v) is 11.7. The van der Waals surface area contributed by atoms with Crippen LogP contribution >= 0.6 is 0 Å². The topological polar surface area (TPSA) is 91.9 Å². The van der Waals surface area contributed by atoms with Gasteiger partial charge in [0.2, 0.25) is 0 Å². The summed E-state index contributed by atoms with van der Waals surface area (Å²) in [5, 5.41) is 15.5. The van der Waals surface area contributed by atoms with Gasteiger partial charge in [-0.1, -0.05) is 19.6 Å². The van der Waals surface area contributed by atoms with Crippen molar-refractivity contribution in [3.8, 4) is 0 Å². The van der Waals surface area contributed by atoms with Crippen molar-refractivity contribution in [3.63, 3.8) is 0 Å². The molecule has 0 unspecified atom stereocenters. The number of benzene rings is 1. The monoisotopic (exact) mass is 685 g/mol. The van der Waals surface area contributed by atoms with Gasteiger partial charge in [-0.2, -0.15) is 5.10 Å². The van der Waals surface area contributed by atoms with Crippen LogP contribution in [-0.2, 0) is 24.6 Å². The molecule has 0 radical (unpaired) electrons. The van der Waals surface area contributed by atoms with E-state index < -0.39 is 8.07 Å². The van der Waals surface area contributed by atoms with Gasteiger partial charge in [-0.3, -0.25) is 14.7 Å². The first kappa shape index (κ1) is 35.3. The van der Waals surface area contributed by atoms with Gasteiger partial charge in [0.05, 0.1) is 29.7 Å². The van der Waals surface area contributed by atoms with Crippen molar-refractivity contribution in [2.75, 3.05) is 42.6 Å². The maximum Gasteiger partial charge on any atom is 0.193 e. The molecule has 0 bridgehead atoms. The molecule has 2 saturated heterocycles. The summed E-state index contributed by atoms with van der Waals surface area (Å²) in [4.78, 5) is 25.8. The van der Waals surface area contributed by atoms with Crippen molar-refractivity contribution in [3.05, 3.63) is 82.2 Å². The van der Waals surface area contributed by atoms with Gasteiger partial charge >= 0.3 is 0 Å². The molecular formula is C38H55N7O3Si. The third kappa shape index (κ3) is 8.81. The molecule has 4 aromatic rings. The van der Waals surface area contributed by atoms with Gasteiger partial charge in [0.15, 0.2) is 5.43 Å². The molecular weight excluding hydrogens is 631 g/mol. The lowest BCUT2D eigenvalue weighted by atomic mass is 10.0. The molecule has 2 atom stereocenters. The number of ether oxygens (including phenoxy) is 1. The largest absolute Gasteiger partial charge is 0.391 e. The summed E-state index contributed by atoms with van der Waals surface area (Å²) in [6.07, 6.45) is 10.6. The van der Waals surface area contributed by atoms with Crippen molar-refractivity contribution >= 4 is 30.4 Å². The van der Waals surface area contributed by atoms with E-state index in [9.17, 15) is 9.90 Å². The molecule has 0 spiro atoms. The molecule has 2 aliphatic heterocycles. The number of nitrogens with zero attached hydrogens (tertiary/aromatic N) is 7. The molecule has 6 rings (SSSR count). The number of anilines is 2. The fourth-order valence-electron chi connectivity index (χ4n) is 7.19. The first-order valence-electron chi connectivity index (χ1n) is 18.0. The normalized spacial score (nSPS) is 18.8. The lowest BCUT2D eigenvalue weighted by Crippen LogP contribution is -2.48. The van der Waals surface area contributed by atoms with E-state index in [0.717, 1.165) is 91.6 Å². The molecule has 5 heterocycles. The SMILES string of the molecule is Cc1cc(CN(Cc2cn(C(C)C)c3cc(N4CC[C@@H](O)C4)ccc3c2=O)[C@H]2CCCN(c3cnn(COCC[Si](C)(C)C)c3)C2)ccn1. The van der Waals surface area contributed by atoms with Gasteiger partial charge in [0.25, 0.3) is 0 Å². The zero-order valence-electron chi connectivity index (χ0n) is 30.3. The predicted octanol–water partition coefficient (Wildman–Crippen LogP) is 6.04. The minimum absolute atomic E-state index is 0.0962. The zero-order chi connectivity index (χ0) is 34.7. The van der Waals surface area contributed by atoms with Crippen LogP contribution in [0.2, 0.25) is 25.7 Å². The van der Waals surface area contributed by atoms with Crippen LogP contribution in [0, 0.1) is 6.92 Å². The lowest BCUT2D eigenvalue weighted by Gasteiger charge is -2.40. The third-order valence-electron chi connectivity index (χ3n) is 10.0. The Morgan fingerprint density at radius 1 is 1.02 bits per heavy atom. The molecule has 49 heavy (non-hydrogen) atoms. The second-order valence-corrected chi connectivity index (χ2v) is 21.2. The number of aryl methyl sites for hydroxylation is 1. The van der Waals surface area contributed by atoms with E-state index >= 15 is 0 Å². The predicted molar refractivity (Wildman–Crippen MR) is 201 cm³/mol. The molecule has 2 aliphatic rings. The number of piperidine rings is 1. The average molecular weight is 686 g/mol. The van der Waals surface area contributed by atoms with Gasteiger partial charge in [0.1, 0.15) is 6.73 Å². The van der Waals surface area contributed by atoms with Crippen LogP contribution in [0.1, 0.15) is 56.0 Å². The molecule has 2 fully saturated rings. The highest BCUT2D eigenvalue weighted by atomic mass is 28.3. The quantitative estimate of drug-likeness (QED) is 0.135.